The number of benzene rings is 2. The molecule has 1 aromatic heterocycles. The maximum Gasteiger partial charge on any atom is 0.279 e. The summed E-state index contributed by atoms with van der Waals surface area (Å²) in [7, 11) is 0. The van der Waals surface area contributed by atoms with Crippen molar-refractivity contribution in [2.75, 3.05) is 13.2 Å². The van der Waals surface area contributed by atoms with Gasteiger partial charge in [-0.2, -0.15) is 4.99 Å². The van der Waals surface area contributed by atoms with Crippen LogP contribution in [0, 0.1) is 0 Å². The van der Waals surface area contributed by atoms with Crippen molar-refractivity contribution in [1.29, 1.82) is 0 Å². The van der Waals surface area contributed by atoms with Gasteiger partial charge in [0.2, 0.25) is 0 Å². The highest BCUT2D eigenvalue weighted by Crippen LogP contribution is 2.35. The van der Waals surface area contributed by atoms with Crippen LogP contribution in [0.2, 0.25) is 0 Å². The average Bonchev–Trinajstić information content (AvgIpc) is 2.96. The van der Waals surface area contributed by atoms with Crippen LogP contribution in [-0.4, -0.2) is 23.7 Å². The molecule has 0 saturated carbocycles. The standard InChI is InChI=1S/C18H16N2O3S/c1-2-20-13-10-14-15(23-9-8-22-14)11-16(13)24-18(20)19-17(21)12-6-4-3-5-7-12/h3-7,10-11H,2,8-9H2,1H3. The second kappa shape index (κ2) is 6.13. The molecule has 1 amide bonds. The van der Waals surface area contributed by atoms with Crippen LogP contribution < -0.4 is 14.3 Å². The summed E-state index contributed by atoms with van der Waals surface area (Å²) in [6, 6.07) is 13.0. The van der Waals surface area contributed by atoms with Crippen LogP contribution in [0.3, 0.4) is 0 Å². The lowest BCUT2D eigenvalue weighted by atomic mass is 10.2. The second-order valence-corrected chi connectivity index (χ2v) is 6.38. The summed E-state index contributed by atoms with van der Waals surface area (Å²) in [6.45, 7) is 3.87. The third-order valence-corrected chi connectivity index (χ3v) is 4.92. The van der Waals surface area contributed by atoms with Gasteiger partial charge in [0.05, 0.1) is 10.2 Å². The van der Waals surface area contributed by atoms with E-state index >= 15 is 0 Å². The molecule has 6 heteroatoms. The molecule has 1 aliphatic heterocycles. The van der Waals surface area contributed by atoms with Gasteiger partial charge < -0.3 is 14.0 Å². The first-order valence-corrected chi connectivity index (χ1v) is 8.65. The fourth-order valence-electron chi connectivity index (χ4n) is 2.73. The highest BCUT2D eigenvalue weighted by atomic mass is 32.1. The van der Waals surface area contributed by atoms with E-state index in [0.717, 1.165) is 28.3 Å². The quantitative estimate of drug-likeness (QED) is 0.720. The molecule has 0 atom stereocenters. The summed E-state index contributed by atoms with van der Waals surface area (Å²) in [5.41, 5.74) is 1.59. The lowest BCUT2D eigenvalue weighted by Gasteiger charge is -2.18. The van der Waals surface area contributed by atoms with E-state index in [1.165, 1.54) is 11.3 Å². The number of hydrogen-bond acceptors (Lipinski definition) is 4. The summed E-state index contributed by atoms with van der Waals surface area (Å²) in [6.07, 6.45) is 0. The highest BCUT2D eigenvalue weighted by molar-refractivity contribution is 7.16. The molecule has 0 unspecified atom stereocenters. The molecule has 0 fully saturated rings. The highest BCUT2D eigenvalue weighted by Gasteiger charge is 2.16. The van der Waals surface area contributed by atoms with Gasteiger partial charge in [-0.1, -0.05) is 29.5 Å². The van der Waals surface area contributed by atoms with Crippen LogP contribution in [0.25, 0.3) is 10.2 Å². The summed E-state index contributed by atoms with van der Waals surface area (Å²) in [5.74, 6) is 1.26. The lowest BCUT2D eigenvalue weighted by Crippen LogP contribution is -2.17. The maximum absolute atomic E-state index is 12.4. The predicted octanol–water partition coefficient (Wildman–Crippen LogP) is 3.24. The molecular formula is C18H16N2O3S. The Balaban J connectivity index is 1.86. The number of carbonyl (C=O) groups excluding carboxylic acids is 1. The van der Waals surface area contributed by atoms with Crippen molar-refractivity contribution in [3.63, 3.8) is 0 Å². The van der Waals surface area contributed by atoms with Crippen molar-refractivity contribution < 1.29 is 14.3 Å². The molecule has 24 heavy (non-hydrogen) atoms. The molecule has 4 rings (SSSR count). The van der Waals surface area contributed by atoms with Gasteiger partial charge in [-0.25, -0.2) is 0 Å². The van der Waals surface area contributed by atoms with E-state index in [2.05, 4.69) is 4.99 Å². The zero-order valence-corrected chi connectivity index (χ0v) is 14.0. The van der Waals surface area contributed by atoms with Crippen LogP contribution in [0.15, 0.2) is 47.5 Å². The van der Waals surface area contributed by atoms with Crippen LogP contribution in [0.5, 0.6) is 11.5 Å². The van der Waals surface area contributed by atoms with Gasteiger partial charge in [-0.3, -0.25) is 4.79 Å². The van der Waals surface area contributed by atoms with E-state index in [1.807, 2.05) is 41.8 Å². The number of thiazole rings is 1. The first kappa shape index (κ1) is 15.0. The number of carbonyl (C=O) groups is 1. The van der Waals surface area contributed by atoms with Gasteiger partial charge in [0.25, 0.3) is 5.91 Å². The first-order chi connectivity index (χ1) is 11.8. The molecule has 0 aliphatic carbocycles. The molecule has 0 radical (unpaired) electrons. The Bertz CT molecular complexity index is 973. The Kier molecular flexibility index (Phi) is 3.82. The van der Waals surface area contributed by atoms with Gasteiger partial charge in [0.1, 0.15) is 13.2 Å². The Hall–Kier alpha value is -2.60. The molecule has 3 aromatic rings. The van der Waals surface area contributed by atoms with Crippen molar-refractivity contribution in [3.05, 3.63) is 52.8 Å². The SMILES string of the molecule is CCn1c(=NC(=O)c2ccccc2)sc2cc3c(cc21)OCCO3. The zero-order chi connectivity index (χ0) is 16.5. The van der Waals surface area contributed by atoms with E-state index in [0.29, 0.717) is 23.6 Å². The van der Waals surface area contributed by atoms with Crippen molar-refractivity contribution >= 4 is 27.5 Å². The van der Waals surface area contributed by atoms with Gasteiger partial charge in [0.15, 0.2) is 16.3 Å². The van der Waals surface area contributed by atoms with E-state index < -0.39 is 0 Å². The lowest BCUT2D eigenvalue weighted by molar-refractivity contribution is 0.0998. The van der Waals surface area contributed by atoms with E-state index in [9.17, 15) is 4.79 Å². The number of hydrogen-bond donors (Lipinski definition) is 0. The number of aryl methyl sites for hydroxylation is 1. The minimum Gasteiger partial charge on any atom is -0.486 e. The number of aromatic nitrogens is 1. The number of fused-ring (bicyclic) bond motifs is 2. The Morgan fingerprint density at radius 3 is 2.58 bits per heavy atom. The maximum atomic E-state index is 12.4. The molecular weight excluding hydrogens is 324 g/mol. The second-order valence-electron chi connectivity index (χ2n) is 5.38. The Morgan fingerprint density at radius 1 is 1.17 bits per heavy atom. The summed E-state index contributed by atoms with van der Waals surface area (Å²) in [5, 5.41) is 0. The molecule has 2 heterocycles. The van der Waals surface area contributed by atoms with Crippen LogP contribution in [0.1, 0.15) is 17.3 Å². The van der Waals surface area contributed by atoms with Gasteiger partial charge in [-0.05, 0) is 19.1 Å². The molecule has 122 valence electrons. The molecule has 0 N–H and O–H groups in total. The van der Waals surface area contributed by atoms with E-state index in [4.69, 9.17) is 9.47 Å². The van der Waals surface area contributed by atoms with E-state index in [-0.39, 0.29) is 5.91 Å². The largest absolute Gasteiger partial charge is 0.486 e. The monoisotopic (exact) mass is 340 g/mol. The third-order valence-electron chi connectivity index (χ3n) is 3.88. The van der Waals surface area contributed by atoms with E-state index in [1.54, 1.807) is 12.1 Å². The summed E-state index contributed by atoms with van der Waals surface area (Å²) >= 11 is 1.48. The number of nitrogens with zero attached hydrogens (tertiary/aromatic N) is 2. The number of rotatable bonds is 2. The minimum absolute atomic E-state index is 0.235. The molecule has 1 aliphatic rings. The van der Waals surface area contributed by atoms with Crippen molar-refractivity contribution in [2.45, 2.75) is 13.5 Å². The minimum atomic E-state index is -0.235. The smallest absolute Gasteiger partial charge is 0.279 e. The third kappa shape index (κ3) is 2.59. The average molecular weight is 340 g/mol. The fourth-order valence-corrected chi connectivity index (χ4v) is 3.83. The van der Waals surface area contributed by atoms with Crippen molar-refractivity contribution in [3.8, 4) is 11.5 Å². The first-order valence-electron chi connectivity index (χ1n) is 7.83. The van der Waals surface area contributed by atoms with Crippen LogP contribution in [-0.2, 0) is 6.54 Å². The normalized spacial score (nSPS) is 14.1. The molecule has 5 nitrogen and oxygen atoms in total. The Labute approximate surface area is 142 Å². The number of amides is 1. The van der Waals surface area contributed by atoms with Crippen molar-refractivity contribution in [2.24, 2.45) is 4.99 Å². The zero-order valence-electron chi connectivity index (χ0n) is 13.2. The fraction of sp³-hybridized carbons (Fsp3) is 0.222. The molecule has 0 spiro atoms. The van der Waals surface area contributed by atoms with Gasteiger partial charge in [-0.15, -0.1) is 0 Å². The van der Waals surface area contributed by atoms with Crippen molar-refractivity contribution in [1.82, 2.24) is 4.57 Å². The molecule has 0 bridgehead atoms. The molecule has 2 aromatic carbocycles. The summed E-state index contributed by atoms with van der Waals surface area (Å²) in [4.78, 5) is 17.4. The van der Waals surface area contributed by atoms with Gasteiger partial charge in [0, 0.05) is 24.2 Å². The van der Waals surface area contributed by atoms with Crippen LogP contribution in [0.4, 0.5) is 0 Å². The topological polar surface area (TPSA) is 52.8 Å². The molecule has 0 saturated heterocycles. The predicted molar refractivity (Wildman–Crippen MR) is 92.8 cm³/mol. The number of ether oxygens (including phenoxy) is 2. The van der Waals surface area contributed by atoms with Crippen LogP contribution >= 0.6 is 11.3 Å². The Morgan fingerprint density at radius 2 is 1.88 bits per heavy atom. The summed E-state index contributed by atoms with van der Waals surface area (Å²) < 4.78 is 14.4. The van der Waals surface area contributed by atoms with Gasteiger partial charge >= 0.3 is 0 Å².